The van der Waals surface area contributed by atoms with Crippen molar-refractivity contribution < 1.29 is 14.0 Å². The van der Waals surface area contributed by atoms with Crippen LogP contribution in [-0.4, -0.2) is 18.9 Å². The topological polar surface area (TPSA) is 49.4 Å². The number of rotatable bonds is 4. The molecule has 3 aromatic carbocycles. The summed E-state index contributed by atoms with van der Waals surface area (Å²) in [4.78, 5) is 26.9. The van der Waals surface area contributed by atoms with Gasteiger partial charge in [0.2, 0.25) is 0 Å². The van der Waals surface area contributed by atoms with Crippen LogP contribution in [0.1, 0.15) is 20.7 Å². The second-order valence-electron chi connectivity index (χ2n) is 5.85. The lowest BCUT2D eigenvalue weighted by Gasteiger charge is -2.19. The van der Waals surface area contributed by atoms with Gasteiger partial charge in [-0.3, -0.25) is 9.59 Å². The summed E-state index contributed by atoms with van der Waals surface area (Å²) in [6, 6.07) is 18.9. The van der Waals surface area contributed by atoms with E-state index in [0.717, 1.165) is 0 Å². The van der Waals surface area contributed by atoms with E-state index in [9.17, 15) is 14.0 Å². The van der Waals surface area contributed by atoms with E-state index < -0.39 is 11.7 Å². The predicted octanol–water partition coefficient (Wildman–Crippen LogP) is 5.01. The van der Waals surface area contributed by atoms with Crippen LogP contribution >= 0.6 is 11.6 Å². The van der Waals surface area contributed by atoms with E-state index in [-0.39, 0.29) is 17.2 Å². The lowest BCUT2D eigenvalue weighted by atomic mass is 10.1. The van der Waals surface area contributed by atoms with Gasteiger partial charge in [-0.05, 0) is 54.6 Å². The molecule has 3 aromatic rings. The van der Waals surface area contributed by atoms with Gasteiger partial charge in [0, 0.05) is 23.3 Å². The Kier molecular flexibility index (Phi) is 5.52. The summed E-state index contributed by atoms with van der Waals surface area (Å²) >= 11 is 6.04. The van der Waals surface area contributed by atoms with Gasteiger partial charge < -0.3 is 10.2 Å². The molecule has 2 amide bonds. The number of nitrogens with zero attached hydrogens (tertiary/aromatic N) is 1. The first-order valence-electron chi connectivity index (χ1n) is 8.15. The van der Waals surface area contributed by atoms with Crippen LogP contribution in [0.5, 0.6) is 0 Å². The molecule has 1 N–H and O–H groups in total. The molecule has 0 saturated carbocycles. The fourth-order valence-electron chi connectivity index (χ4n) is 2.55. The van der Waals surface area contributed by atoms with Gasteiger partial charge in [-0.25, -0.2) is 4.39 Å². The van der Waals surface area contributed by atoms with Crippen LogP contribution < -0.4 is 10.2 Å². The zero-order chi connectivity index (χ0) is 19.4. The third kappa shape index (κ3) is 4.33. The zero-order valence-corrected chi connectivity index (χ0v) is 15.2. The highest BCUT2D eigenvalue weighted by Crippen LogP contribution is 2.25. The Labute approximate surface area is 161 Å². The van der Waals surface area contributed by atoms with Crippen molar-refractivity contribution in [2.75, 3.05) is 17.3 Å². The van der Waals surface area contributed by atoms with Gasteiger partial charge in [-0.15, -0.1) is 0 Å². The van der Waals surface area contributed by atoms with Crippen molar-refractivity contribution >= 4 is 34.8 Å². The SMILES string of the molecule is CN(C(=O)c1ccc(Cl)cc1NC(=O)c1ccc(F)cc1)c1ccccc1. The standard InChI is InChI=1S/C21H16ClFN2O2/c1-25(17-5-3-2-4-6-17)21(27)18-12-9-15(22)13-19(18)24-20(26)14-7-10-16(23)11-8-14/h2-13H,1H3,(H,24,26). The number of anilines is 2. The molecule has 3 rings (SSSR count). The Hall–Kier alpha value is -3.18. The highest BCUT2D eigenvalue weighted by Gasteiger charge is 2.19. The molecule has 0 atom stereocenters. The van der Waals surface area contributed by atoms with Crippen molar-refractivity contribution in [1.82, 2.24) is 0 Å². The molecule has 0 fully saturated rings. The molecule has 0 saturated heterocycles. The molecule has 0 aliphatic carbocycles. The van der Waals surface area contributed by atoms with E-state index in [1.165, 1.54) is 35.2 Å². The molecule has 6 heteroatoms. The van der Waals surface area contributed by atoms with Crippen LogP contribution in [0.25, 0.3) is 0 Å². The molecule has 0 radical (unpaired) electrons. The van der Waals surface area contributed by atoms with E-state index in [4.69, 9.17) is 11.6 Å². The zero-order valence-electron chi connectivity index (χ0n) is 14.4. The molecule has 0 unspecified atom stereocenters. The number of halogens is 2. The summed E-state index contributed by atoms with van der Waals surface area (Å²) in [5, 5.41) is 3.06. The Morgan fingerprint density at radius 3 is 2.30 bits per heavy atom. The summed E-state index contributed by atoms with van der Waals surface area (Å²) < 4.78 is 13.1. The highest BCUT2D eigenvalue weighted by atomic mass is 35.5. The fourth-order valence-corrected chi connectivity index (χ4v) is 2.72. The largest absolute Gasteiger partial charge is 0.321 e. The summed E-state index contributed by atoms with van der Waals surface area (Å²) in [5.74, 6) is -1.20. The van der Waals surface area contributed by atoms with Crippen molar-refractivity contribution in [2.24, 2.45) is 0 Å². The number of carbonyl (C=O) groups is 2. The Bertz CT molecular complexity index is 975. The van der Waals surface area contributed by atoms with Crippen LogP contribution in [0, 0.1) is 5.82 Å². The maximum Gasteiger partial charge on any atom is 0.260 e. The van der Waals surface area contributed by atoms with Crippen LogP contribution in [0.2, 0.25) is 5.02 Å². The first-order chi connectivity index (χ1) is 13.0. The average Bonchev–Trinajstić information content (AvgIpc) is 2.68. The highest BCUT2D eigenvalue weighted by molar-refractivity contribution is 6.31. The van der Waals surface area contributed by atoms with Crippen molar-refractivity contribution in [1.29, 1.82) is 0 Å². The van der Waals surface area contributed by atoms with E-state index in [0.29, 0.717) is 16.3 Å². The molecular weight excluding hydrogens is 367 g/mol. The third-order valence-electron chi connectivity index (χ3n) is 4.01. The molecule has 136 valence electrons. The van der Waals surface area contributed by atoms with E-state index in [1.54, 1.807) is 19.2 Å². The lowest BCUT2D eigenvalue weighted by molar-refractivity contribution is 0.0994. The number of amides is 2. The maximum absolute atomic E-state index is 13.1. The van der Waals surface area contributed by atoms with Crippen molar-refractivity contribution in [3.63, 3.8) is 0 Å². The third-order valence-corrected chi connectivity index (χ3v) is 4.25. The molecule has 0 aliphatic rings. The van der Waals surface area contributed by atoms with Crippen molar-refractivity contribution in [2.45, 2.75) is 0 Å². The Balaban J connectivity index is 1.90. The molecule has 27 heavy (non-hydrogen) atoms. The van der Waals surface area contributed by atoms with Gasteiger partial charge in [0.1, 0.15) is 5.82 Å². The molecule has 0 bridgehead atoms. The molecule has 0 aromatic heterocycles. The number of hydrogen-bond acceptors (Lipinski definition) is 2. The van der Waals surface area contributed by atoms with Crippen molar-refractivity contribution in [3.05, 3.63) is 94.8 Å². The molecule has 0 heterocycles. The summed E-state index contributed by atoms with van der Waals surface area (Å²) in [6.07, 6.45) is 0. The van der Waals surface area contributed by atoms with Gasteiger partial charge in [0.05, 0.1) is 11.3 Å². The minimum atomic E-state index is -0.464. The fraction of sp³-hybridized carbons (Fsp3) is 0.0476. The quantitative estimate of drug-likeness (QED) is 0.689. The van der Waals surface area contributed by atoms with Crippen LogP contribution in [0.4, 0.5) is 15.8 Å². The normalized spacial score (nSPS) is 10.3. The van der Waals surface area contributed by atoms with E-state index in [2.05, 4.69) is 5.32 Å². The first kappa shape index (κ1) is 18.6. The molecular formula is C21H16ClFN2O2. The minimum Gasteiger partial charge on any atom is -0.321 e. The van der Waals surface area contributed by atoms with Crippen molar-refractivity contribution in [3.8, 4) is 0 Å². The second-order valence-corrected chi connectivity index (χ2v) is 6.29. The summed E-state index contributed by atoms with van der Waals surface area (Å²) in [5.41, 5.74) is 1.56. The predicted molar refractivity (Wildman–Crippen MR) is 105 cm³/mol. The second kappa shape index (κ2) is 8.01. The Morgan fingerprint density at radius 1 is 0.963 bits per heavy atom. The number of carbonyl (C=O) groups excluding carboxylic acids is 2. The number of benzene rings is 3. The average molecular weight is 383 g/mol. The van der Waals surface area contributed by atoms with E-state index in [1.807, 2.05) is 30.3 Å². The molecule has 0 spiro atoms. The Morgan fingerprint density at radius 2 is 1.63 bits per heavy atom. The smallest absolute Gasteiger partial charge is 0.260 e. The summed E-state index contributed by atoms with van der Waals surface area (Å²) in [6.45, 7) is 0. The van der Waals surface area contributed by atoms with Gasteiger partial charge in [-0.2, -0.15) is 0 Å². The summed E-state index contributed by atoms with van der Waals surface area (Å²) in [7, 11) is 1.65. The molecule has 4 nitrogen and oxygen atoms in total. The van der Waals surface area contributed by atoms with Gasteiger partial charge in [0.15, 0.2) is 0 Å². The number of hydrogen-bond donors (Lipinski definition) is 1. The number of nitrogens with one attached hydrogen (secondary N) is 1. The van der Waals surface area contributed by atoms with Gasteiger partial charge in [0.25, 0.3) is 11.8 Å². The van der Waals surface area contributed by atoms with E-state index >= 15 is 0 Å². The maximum atomic E-state index is 13.1. The minimum absolute atomic E-state index is 0.270. The van der Waals surface area contributed by atoms with Crippen LogP contribution in [-0.2, 0) is 0 Å². The first-order valence-corrected chi connectivity index (χ1v) is 8.53. The van der Waals surface area contributed by atoms with Gasteiger partial charge in [-0.1, -0.05) is 29.8 Å². The van der Waals surface area contributed by atoms with Crippen LogP contribution in [0.3, 0.4) is 0 Å². The number of para-hydroxylation sites is 1. The molecule has 0 aliphatic heterocycles. The van der Waals surface area contributed by atoms with Crippen LogP contribution in [0.15, 0.2) is 72.8 Å². The van der Waals surface area contributed by atoms with Gasteiger partial charge >= 0.3 is 0 Å². The lowest BCUT2D eigenvalue weighted by Crippen LogP contribution is -2.27. The monoisotopic (exact) mass is 382 g/mol.